The molecule has 1 unspecified atom stereocenters. The van der Waals surface area contributed by atoms with Crippen LogP contribution in [0.4, 0.5) is 0 Å². The number of carbonyl (C=O) groups is 3. The molecule has 0 aliphatic rings. The van der Waals surface area contributed by atoms with Crippen molar-refractivity contribution in [3.05, 3.63) is 0 Å². The van der Waals surface area contributed by atoms with Gasteiger partial charge in [0.1, 0.15) is 6.29 Å². The lowest BCUT2D eigenvalue weighted by atomic mass is 10.1. The second-order valence-electron chi connectivity index (χ2n) is 3.78. The molecule has 1 atom stereocenters. The summed E-state index contributed by atoms with van der Waals surface area (Å²) in [5.74, 6) is -0.153. The average molecular weight is 228 g/mol. The second-order valence-corrected chi connectivity index (χ2v) is 3.78. The summed E-state index contributed by atoms with van der Waals surface area (Å²) < 4.78 is 0. The quantitative estimate of drug-likeness (QED) is 0.466. The van der Waals surface area contributed by atoms with Crippen LogP contribution in [-0.2, 0) is 14.4 Å². The Morgan fingerprint density at radius 1 is 1.19 bits per heavy atom. The molecule has 0 aromatic rings. The van der Waals surface area contributed by atoms with Crippen molar-refractivity contribution < 1.29 is 14.4 Å². The van der Waals surface area contributed by atoms with Crippen LogP contribution < -0.4 is 10.6 Å². The summed E-state index contributed by atoms with van der Waals surface area (Å²) >= 11 is 0. The van der Waals surface area contributed by atoms with Gasteiger partial charge in [0.25, 0.3) is 0 Å². The van der Waals surface area contributed by atoms with E-state index in [0.717, 1.165) is 25.5 Å². The molecule has 0 aromatic heterocycles. The molecular weight excluding hydrogens is 208 g/mol. The van der Waals surface area contributed by atoms with Crippen LogP contribution in [0.3, 0.4) is 0 Å². The van der Waals surface area contributed by atoms with Gasteiger partial charge in [-0.1, -0.05) is 0 Å². The molecule has 0 radical (unpaired) electrons. The van der Waals surface area contributed by atoms with Crippen molar-refractivity contribution in [3.63, 3.8) is 0 Å². The molecule has 92 valence electrons. The number of rotatable bonds is 8. The highest BCUT2D eigenvalue weighted by Crippen LogP contribution is 2.03. The summed E-state index contributed by atoms with van der Waals surface area (Å²) in [7, 11) is 0. The predicted molar refractivity (Wildman–Crippen MR) is 60.8 cm³/mol. The number of carbonyl (C=O) groups excluding carboxylic acids is 3. The Bertz CT molecular complexity index is 241. The van der Waals surface area contributed by atoms with Crippen LogP contribution in [0.25, 0.3) is 0 Å². The average Bonchev–Trinajstić information content (AvgIpc) is 2.16. The highest BCUT2D eigenvalue weighted by atomic mass is 16.2. The lowest BCUT2D eigenvalue weighted by Gasteiger charge is -2.14. The largest absolute Gasteiger partial charge is 0.356 e. The second kappa shape index (κ2) is 8.88. The summed E-state index contributed by atoms with van der Waals surface area (Å²) in [6.45, 7) is 3.56. The fourth-order valence-corrected chi connectivity index (χ4v) is 1.43. The summed E-state index contributed by atoms with van der Waals surface area (Å²) in [5, 5.41) is 5.42. The van der Waals surface area contributed by atoms with E-state index in [9.17, 15) is 14.4 Å². The van der Waals surface area contributed by atoms with E-state index in [1.54, 1.807) is 0 Å². The summed E-state index contributed by atoms with van der Waals surface area (Å²) in [6.07, 6.45) is 3.65. The van der Waals surface area contributed by atoms with Crippen molar-refractivity contribution in [2.75, 3.05) is 6.54 Å². The molecule has 5 nitrogen and oxygen atoms in total. The number of unbranched alkanes of at least 4 members (excludes halogenated alkanes) is 1. The number of nitrogens with one attached hydrogen (secondary N) is 2. The summed E-state index contributed by atoms with van der Waals surface area (Å²) in [4.78, 5) is 31.8. The molecule has 0 aliphatic carbocycles. The lowest BCUT2D eigenvalue weighted by molar-refractivity contribution is -0.120. The van der Waals surface area contributed by atoms with Crippen molar-refractivity contribution in [2.24, 2.45) is 0 Å². The van der Waals surface area contributed by atoms with Crippen molar-refractivity contribution in [2.45, 2.75) is 45.6 Å². The normalized spacial score (nSPS) is 11.6. The van der Waals surface area contributed by atoms with Gasteiger partial charge in [0, 0.05) is 32.9 Å². The smallest absolute Gasteiger partial charge is 0.217 e. The van der Waals surface area contributed by atoms with E-state index in [-0.39, 0.29) is 17.9 Å². The van der Waals surface area contributed by atoms with E-state index in [4.69, 9.17) is 0 Å². The minimum Gasteiger partial charge on any atom is -0.356 e. The third-order valence-electron chi connectivity index (χ3n) is 2.14. The Balaban J connectivity index is 3.63. The molecule has 0 bridgehead atoms. The Labute approximate surface area is 96.0 Å². The topological polar surface area (TPSA) is 75.3 Å². The first-order valence-corrected chi connectivity index (χ1v) is 5.51. The Kier molecular flexibility index (Phi) is 8.11. The number of hydrogen-bond donors (Lipinski definition) is 2. The SMILES string of the molecule is CC(=O)NCCCCC(CC=O)NC(C)=O. The Morgan fingerprint density at radius 2 is 1.88 bits per heavy atom. The van der Waals surface area contributed by atoms with Crippen molar-refractivity contribution in [3.8, 4) is 0 Å². The number of amides is 2. The molecule has 0 rings (SSSR count). The van der Waals surface area contributed by atoms with Crippen LogP contribution in [-0.4, -0.2) is 30.7 Å². The zero-order valence-electron chi connectivity index (χ0n) is 9.91. The van der Waals surface area contributed by atoms with Gasteiger partial charge < -0.3 is 15.4 Å². The third kappa shape index (κ3) is 9.18. The highest BCUT2D eigenvalue weighted by molar-refractivity contribution is 5.73. The first kappa shape index (κ1) is 14.6. The predicted octanol–water partition coefficient (Wildman–Crippen LogP) is 0.386. The molecule has 5 heteroatoms. The first-order valence-electron chi connectivity index (χ1n) is 5.51. The standard InChI is InChI=1S/C11H20N2O3/c1-9(15)12-7-4-3-5-11(6-8-14)13-10(2)16/h8,11H,3-7H2,1-2H3,(H,12,15)(H,13,16). The van der Waals surface area contributed by atoms with Crippen LogP contribution in [0.5, 0.6) is 0 Å². The summed E-state index contributed by atoms with van der Waals surface area (Å²) in [6, 6.07) is -0.0765. The van der Waals surface area contributed by atoms with E-state index in [2.05, 4.69) is 10.6 Å². The van der Waals surface area contributed by atoms with Crippen molar-refractivity contribution in [1.29, 1.82) is 0 Å². The van der Waals surface area contributed by atoms with E-state index in [1.807, 2.05) is 0 Å². The molecule has 0 spiro atoms. The van der Waals surface area contributed by atoms with Crippen molar-refractivity contribution in [1.82, 2.24) is 10.6 Å². The number of hydrogen-bond acceptors (Lipinski definition) is 3. The first-order chi connectivity index (χ1) is 7.56. The minimum atomic E-state index is -0.117. The van der Waals surface area contributed by atoms with Gasteiger partial charge in [-0.05, 0) is 19.3 Å². The zero-order chi connectivity index (χ0) is 12.4. The number of aldehydes is 1. The maximum atomic E-state index is 10.8. The zero-order valence-corrected chi connectivity index (χ0v) is 9.91. The van der Waals surface area contributed by atoms with Gasteiger partial charge in [-0.25, -0.2) is 0 Å². The van der Waals surface area contributed by atoms with Gasteiger partial charge in [-0.3, -0.25) is 9.59 Å². The molecular formula is C11H20N2O3. The van der Waals surface area contributed by atoms with Gasteiger partial charge >= 0.3 is 0 Å². The van der Waals surface area contributed by atoms with Gasteiger partial charge in [0.2, 0.25) is 11.8 Å². The molecule has 16 heavy (non-hydrogen) atoms. The van der Waals surface area contributed by atoms with Gasteiger partial charge in [0.15, 0.2) is 0 Å². The summed E-state index contributed by atoms with van der Waals surface area (Å²) in [5.41, 5.74) is 0. The van der Waals surface area contributed by atoms with Crippen LogP contribution in [0.2, 0.25) is 0 Å². The Morgan fingerprint density at radius 3 is 2.38 bits per heavy atom. The van der Waals surface area contributed by atoms with Crippen LogP contribution >= 0.6 is 0 Å². The van der Waals surface area contributed by atoms with Gasteiger partial charge in [-0.15, -0.1) is 0 Å². The van der Waals surface area contributed by atoms with Gasteiger partial charge in [0.05, 0.1) is 0 Å². The van der Waals surface area contributed by atoms with E-state index in [0.29, 0.717) is 13.0 Å². The fraction of sp³-hybridized carbons (Fsp3) is 0.727. The van der Waals surface area contributed by atoms with E-state index in [1.165, 1.54) is 13.8 Å². The van der Waals surface area contributed by atoms with Crippen LogP contribution in [0.15, 0.2) is 0 Å². The molecule has 0 saturated carbocycles. The maximum Gasteiger partial charge on any atom is 0.217 e. The van der Waals surface area contributed by atoms with Crippen LogP contribution in [0, 0.1) is 0 Å². The molecule has 0 saturated heterocycles. The maximum absolute atomic E-state index is 10.8. The van der Waals surface area contributed by atoms with E-state index < -0.39 is 0 Å². The van der Waals surface area contributed by atoms with Crippen LogP contribution in [0.1, 0.15) is 39.5 Å². The highest BCUT2D eigenvalue weighted by Gasteiger charge is 2.08. The van der Waals surface area contributed by atoms with Gasteiger partial charge in [-0.2, -0.15) is 0 Å². The lowest BCUT2D eigenvalue weighted by Crippen LogP contribution is -2.33. The van der Waals surface area contributed by atoms with Crippen molar-refractivity contribution >= 4 is 18.1 Å². The monoisotopic (exact) mass is 228 g/mol. The fourth-order valence-electron chi connectivity index (χ4n) is 1.43. The minimum absolute atomic E-state index is 0.0358. The van der Waals surface area contributed by atoms with E-state index >= 15 is 0 Å². The third-order valence-corrected chi connectivity index (χ3v) is 2.14. The molecule has 2 N–H and O–H groups in total. The Hall–Kier alpha value is -1.39. The molecule has 0 heterocycles. The molecule has 0 aliphatic heterocycles. The molecule has 0 fully saturated rings. The molecule has 2 amide bonds. The molecule has 0 aromatic carbocycles.